The third-order valence-electron chi connectivity index (χ3n) is 2.46. The van der Waals surface area contributed by atoms with E-state index in [1.54, 1.807) is 6.07 Å². The van der Waals surface area contributed by atoms with Crippen LogP contribution in [0.1, 0.15) is 12.0 Å². The molecule has 1 heterocycles. The minimum atomic E-state index is -3.31. The molecule has 5 heteroatoms. The highest BCUT2D eigenvalue weighted by atomic mass is 32.2. The third kappa shape index (κ3) is 1.85. The molecule has 0 fully saturated rings. The molecule has 0 atom stereocenters. The zero-order valence-corrected chi connectivity index (χ0v) is 9.33. The molecule has 2 rings (SSSR count). The van der Waals surface area contributed by atoms with Crippen molar-refractivity contribution in [1.29, 1.82) is 0 Å². The van der Waals surface area contributed by atoms with Gasteiger partial charge in [0.2, 0.25) is 0 Å². The van der Waals surface area contributed by atoms with Crippen LogP contribution in [-0.2, 0) is 21.3 Å². The van der Waals surface area contributed by atoms with Crippen LogP contribution < -0.4 is 4.47 Å². The number of anilines is 1. The average Bonchev–Trinajstić information content (AvgIpc) is 2.32. The van der Waals surface area contributed by atoms with Crippen LogP contribution in [0.25, 0.3) is 0 Å². The Morgan fingerprint density at radius 3 is 2.80 bits per heavy atom. The smallest absolute Gasteiger partial charge is 0.257 e. The van der Waals surface area contributed by atoms with Gasteiger partial charge in [-0.2, -0.15) is 0 Å². The van der Waals surface area contributed by atoms with E-state index in [9.17, 15) is 8.42 Å². The Kier molecular flexibility index (Phi) is 2.67. The van der Waals surface area contributed by atoms with Crippen LogP contribution in [-0.4, -0.2) is 21.3 Å². The van der Waals surface area contributed by atoms with Gasteiger partial charge in [0.25, 0.3) is 10.0 Å². The second kappa shape index (κ2) is 3.83. The Labute approximate surface area is 89.5 Å². The molecule has 0 saturated carbocycles. The highest BCUT2D eigenvalue weighted by Crippen LogP contribution is 2.28. The summed E-state index contributed by atoms with van der Waals surface area (Å²) in [4.78, 5) is 4.96. The van der Waals surface area contributed by atoms with Crippen molar-refractivity contribution >= 4 is 15.7 Å². The van der Waals surface area contributed by atoms with Crippen LogP contribution >= 0.6 is 0 Å². The number of benzene rings is 1. The second-order valence-corrected chi connectivity index (χ2v) is 5.36. The minimum absolute atomic E-state index is 0.134. The van der Waals surface area contributed by atoms with Crippen molar-refractivity contribution in [2.45, 2.75) is 12.8 Å². The fourth-order valence-electron chi connectivity index (χ4n) is 1.79. The molecule has 1 aliphatic heterocycles. The molecule has 0 spiro atoms. The summed E-state index contributed by atoms with van der Waals surface area (Å²) in [5.74, 6) is 0.134. The molecule has 0 aromatic heterocycles. The Morgan fingerprint density at radius 2 is 2.07 bits per heavy atom. The molecule has 15 heavy (non-hydrogen) atoms. The molecule has 0 unspecified atom stereocenters. The predicted octanol–water partition coefficient (Wildman–Crippen LogP) is 1.33. The highest BCUT2D eigenvalue weighted by Gasteiger charge is 2.27. The maximum atomic E-state index is 11.8. The maximum Gasteiger partial charge on any atom is 0.257 e. The maximum absolute atomic E-state index is 11.8. The lowest BCUT2D eigenvalue weighted by Crippen LogP contribution is -2.31. The van der Waals surface area contributed by atoms with E-state index in [1.165, 1.54) is 7.11 Å². The number of para-hydroxylation sites is 1. The summed E-state index contributed by atoms with van der Waals surface area (Å²) in [5.41, 5.74) is 1.65. The lowest BCUT2D eigenvalue weighted by atomic mass is 10.1. The zero-order valence-electron chi connectivity index (χ0n) is 8.51. The van der Waals surface area contributed by atoms with Gasteiger partial charge in [0.1, 0.15) is 0 Å². The summed E-state index contributed by atoms with van der Waals surface area (Å²) < 4.78 is 24.6. The van der Waals surface area contributed by atoms with E-state index in [4.69, 9.17) is 4.84 Å². The average molecular weight is 227 g/mol. The number of aryl methyl sites for hydroxylation is 1. The highest BCUT2D eigenvalue weighted by molar-refractivity contribution is 7.92. The number of nitrogens with zero attached hydrogens (tertiary/aromatic N) is 1. The fourth-order valence-corrected chi connectivity index (χ4v) is 3.17. The first-order valence-corrected chi connectivity index (χ1v) is 6.41. The van der Waals surface area contributed by atoms with E-state index in [0.29, 0.717) is 12.1 Å². The summed E-state index contributed by atoms with van der Waals surface area (Å²) >= 11 is 0. The third-order valence-corrected chi connectivity index (χ3v) is 4.11. The lowest BCUT2D eigenvalue weighted by molar-refractivity contribution is 0.216. The van der Waals surface area contributed by atoms with Crippen molar-refractivity contribution in [3.63, 3.8) is 0 Å². The molecule has 0 radical (unpaired) electrons. The molecule has 0 saturated heterocycles. The number of fused-ring (bicyclic) bond motifs is 1. The van der Waals surface area contributed by atoms with Gasteiger partial charge in [0.05, 0.1) is 18.6 Å². The van der Waals surface area contributed by atoms with E-state index < -0.39 is 10.0 Å². The molecule has 0 amide bonds. The Morgan fingerprint density at radius 1 is 1.33 bits per heavy atom. The van der Waals surface area contributed by atoms with Gasteiger partial charge in [-0.05, 0) is 24.5 Å². The van der Waals surface area contributed by atoms with Gasteiger partial charge in [-0.25, -0.2) is 8.42 Å². The van der Waals surface area contributed by atoms with Crippen LogP contribution in [0.5, 0.6) is 0 Å². The summed E-state index contributed by atoms with van der Waals surface area (Å²) in [6, 6.07) is 7.42. The van der Waals surface area contributed by atoms with Gasteiger partial charge < -0.3 is 0 Å². The van der Waals surface area contributed by atoms with Crippen molar-refractivity contribution in [1.82, 2.24) is 0 Å². The van der Waals surface area contributed by atoms with Crippen molar-refractivity contribution in [3.05, 3.63) is 29.8 Å². The zero-order chi connectivity index (χ0) is 10.9. The Bertz CT molecular complexity index is 455. The van der Waals surface area contributed by atoms with E-state index in [-0.39, 0.29) is 5.75 Å². The van der Waals surface area contributed by atoms with Crippen molar-refractivity contribution in [2.24, 2.45) is 0 Å². The molecule has 1 aromatic carbocycles. The molecule has 0 aliphatic carbocycles. The number of hydrogen-bond acceptors (Lipinski definition) is 3. The Hall–Kier alpha value is -1.07. The molecule has 0 bridgehead atoms. The molecule has 4 nitrogen and oxygen atoms in total. The largest absolute Gasteiger partial charge is 0.262 e. The van der Waals surface area contributed by atoms with E-state index in [2.05, 4.69) is 0 Å². The topological polar surface area (TPSA) is 46.6 Å². The number of hydrogen-bond donors (Lipinski definition) is 0. The molecule has 0 N–H and O–H groups in total. The van der Waals surface area contributed by atoms with Gasteiger partial charge in [-0.3, -0.25) is 4.84 Å². The molecule has 82 valence electrons. The molecule has 1 aromatic rings. The summed E-state index contributed by atoms with van der Waals surface area (Å²) in [7, 11) is -1.94. The van der Waals surface area contributed by atoms with Crippen LogP contribution in [0, 0.1) is 0 Å². The Balaban J connectivity index is 2.56. The fraction of sp³-hybridized carbons (Fsp3) is 0.400. The number of rotatable bonds is 1. The first-order chi connectivity index (χ1) is 7.15. The van der Waals surface area contributed by atoms with Gasteiger partial charge in [0, 0.05) is 0 Å². The number of sulfonamides is 1. The van der Waals surface area contributed by atoms with Gasteiger partial charge in [-0.15, -0.1) is 4.47 Å². The first kappa shape index (κ1) is 10.4. The van der Waals surface area contributed by atoms with E-state index in [0.717, 1.165) is 16.5 Å². The monoisotopic (exact) mass is 227 g/mol. The first-order valence-electron chi connectivity index (χ1n) is 4.80. The summed E-state index contributed by atoms with van der Waals surface area (Å²) in [6.07, 6.45) is 1.41. The van der Waals surface area contributed by atoms with Gasteiger partial charge in [0.15, 0.2) is 0 Å². The van der Waals surface area contributed by atoms with E-state index >= 15 is 0 Å². The normalized spacial score (nSPS) is 19.4. The second-order valence-electron chi connectivity index (χ2n) is 3.46. The van der Waals surface area contributed by atoms with Crippen LogP contribution in [0.3, 0.4) is 0 Å². The molecule has 1 aliphatic rings. The summed E-state index contributed by atoms with van der Waals surface area (Å²) in [5, 5.41) is 0. The lowest BCUT2D eigenvalue weighted by Gasteiger charge is -2.20. The minimum Gasteiger partial charge on any atom is -0.262 e. The summed E-state index contributed by atoms with van der Waals surface area (Å²) in [6.45, 7) is 0. The van der Waals surface area contributed by atoms with Gasteiger partial charge >= 0.3 is 0 Å². The molecular weight excluding hydrogens is 214 g/mol. The standard InChI is InChI=1S/C10H13NO3S/c1-14-11-10-7-3-2-5-9(10)6-4-8-15(11,12)13/h2-3,5,7H,4,6,8H2,1H3. The van der Waals surface area contributed by atoms with Crippen molar-refractivity contribution < 1.29 is 13.3 Å². The van der Waals surface area contributed by atoms with Crippen LogP contribution in [0.15, 0.2) is 24.3 Å². The molecular formula is C10H13NO3S. The van der Waals surface area contributed by atoms with Gasteiger partial charge in [-0.1, -0.05) is 18.2 Å². The van der Waals surface area contributed by atoms with Crippen molar-refractivity contribution in [3.8, 4) is 0 Å². The quantitative estimate of drug-likeness (QED) is 0.727. The van der Waals surface area contributed by atoms with E-state index in [1.807, 2.05) is 18.2 Å². The van der Waals surface area contributed by atoms with Crippen molar-refractivity contribution in [2.75, 3.05) is 17.3 Å². The SMILES string of the molecule is CON1c2ccccc2CCCS1(=O)=O. The predicted molar refractivity (Wildman–Crippen MR) is 58.0 cm³/mol. The van der Waals surface area contributed by atoms with Crippen LogP contribution in [0.4, 0.5) is 5.69 Å². The van der Waals surface area contributed by atoms with Crippen LogP contribution in [0.2, 0.25) is 0 Å².